The third kappa shape index (κ3) is 4.26. The van der Waals surface area contributed by atoms with E-state index in [1.165, 1.54) is 43.5 Å². The molecule has 162 valence electrons. The molecule has 0 unspecified atom stereocenters. The summed E-state index contributed by atoms with van der Waals surface area (Å²) in [5.41, 5.74) is 4.00. The van der Waals surface area contributed by atoms with Crippen molar-refractivity contribution in [2.24, 2.45) is 0 Å². The van der Waals surface area contributed by atoms with Crippen molar-refractivity contribution >= 4 is 44.9 Å². The van der Waals surface area contributed by atoms with Crippen molar-refractivity contribution < 1.29 is 22.7 Å². The van der Waals surface area contributed by atoms with E-state index >= 15 is 0 Å². The smallest absolute Gasteiger partial charge is 0.337 e. The van der Waals surface area contributed by atoms with Crippen LogP contribution in [0.15, 0.2) is 71.6 Å². The molecule has 1 aliphatic heterocycles. The summed E-state index contributed by atoms with van der Waals surface area (Å²) in [4.78, 5) is 24.0. The van der Waals surface area contributed by atoms with Crippen molar-refractivity contribution in [2.45, 2.75) is 11.8 Å². The second-order valence-electron chi connectivity index (χ2n) is 7.30. The highest BCUT2D eigenvalue weighted by Crippen LogP contribution is 2.35. The zero-order valence-electron chi connectivity index (χ0n) is 17.4. The van der Waals surface area contributed by atoms with Crippen LogP contribution in [-0.2, 0) is 19.6 Å². The van der Waals surface area contributed by atoms with Crippen LogP contribution in [-0.4, -0.2) is 27.4 Å². The minimum absolute atomic E-state index is 0.0135. The second kappa shape index (κ2) is 8.32. The van der Waals surface area contributed by atoms with E-state index in [4.69, 9.17) is 0 Å². The van der Waals surface area contributed by atoms with Crippen molar-refractivity contribution in [1.82, 2.24) is 0 Å². The number of fused-ring (bicyclic) bond motifs is 1. The molecule has 3 aromatic rings. The lowest BCUT2D eigenvalue weighted by Crippen LogP contribution is -2.13. The van der Waals surface area contributed by atoms with E-state index in [-0.39, 0.29) is 10.8 Å². The fourth-order valence-electron chi connectivity index (χ4n) is 3.31. The molecule has 0 aromatic heterocycles. The number of hydrogen-bond donors (Lipinski definition) is 2. The number of hydrogen-bond acceptors (Lipinski definition) is 5. The van der Waals surface area contributed by atoms with Crippen molar-refractivity contribution in [3.63, 3.8) is 0 Å². The van der Waals surface area contributed by atoms with Gasteiger partial charge in [-0.15, -0.1) is 0 Å². The minimum atomic E-state index is -3.93. The number of carbonyl (C=O) groups excluding carboxylic acids is 2. The number of amides is 1. The highest BCUT2D eigenvalue weighted by molar-refractivity contribution is 7.92. The van der Waals surface area contributed by atoms with Gasteiger partial charge < -0.3 is 10.1 Å². The van der Waals surface area contributed by atoms with Crippen molar-refractivity contribution in [1.29, 1.82) is 0 Å². The molecule has 0 aliphatic carbocycles. The molecule has 2 N–H and O–H groups in total. The van der Waals surface area contributed by atoms with E-state index < -0.39 is 16.0 Å². The van der Waals surface area contributed by atoms with Crippen LogP contribution in [0.1, 0.15) is 27.0 Å². The van der Waals surface area contributed by atoms with Crippen LogP contribution >= 0.6 is 0 Å². The number of nitrogens with one attached hydrogen (secondary N) is 2. The molecule has 4 rings (SSSR count). The van der Waals surface area contributed by atoms with Gasteiger partial charge >= 0.3 is 5.97 Å². The average Bonchev–Trinajstić information content (AvgIpc) is 3.09. The van der Waals surface area contributed by atoms with E-state index in [1.807, 2.05) is 31.2 Å². The van der Waals surface area contributed by atoms with Gasteiger partial charge in [0.05, 0.1) is 17.6 Å². The molecule has 0 saturated heterocycles. The Kier molecular flexibility index (Phi) is 5.54. The molecule has 3 aromatic carbocycles. The zero-order valence-corrected chi connectivity index (χ0v) is 18.2. The highest BCUT2D eigenvalue weighted by atomic mass is 32.2. The molecule has 0 radical (unpaired) electrons. The third-order valence-electron chi connectivity index (χ3n) is 5.03. The summed E-state index contributed by atoms with van der Waals surface area (Å²) in [5.74, 6) is -0.801. The maximum absolute atomic E-state index is 12.9. The third-order valence-corrected chi connectivity index (χ3v) is 6.41. The minimum Gasteiger partial charge on any atom is -0.465 e. The average molecular weight is 449 g/mol. The first-order valence-electron chi connectivity index (χ1n) is 9.72. The molecule has 0 bridgehead atoms. The SMILES string of the molecule is COC(=O)c1ccc(NS(=O)(=O)c2ccc3c(c2)/C(=C\c2ccc(C)cc2)C(=O)N3)cc1. The summed E-state index contributed by atoms with van der Waals surface area (Å²) in [6.45, 7) is 1.97. The van der Waals surface area contributed by atoms with Crippen LogP contribution in [0.3, 0.4) is 0 Å². The summed E-state index contributed by atoms with van der Waals surface area (Å²) in [6.07, 6.45) is 1.73. The zero-order chi connectivity index (χ0) is 22.9. The summed E-state index contributed by atoms with van der Waals surface area (Å²) >= 11 is 0. The van der Waals surface area contributed by atoms with Gasteiger partial charge in [-0.3, -0.25) is 9.52 Å². The first-order chi connectivity index (χ1) is 15.3. The quantitative estimate of drug-likeness (QED) is 0.452. The maximum Gasteiger partial charge on any atom is 0.337 e. The van der Waals surface area contributed by atoms with Crippen LogP contribution in [0.25, 0.3) is 11.6 Å². The summed E-state index contributed by atoms with van der Waals surface area (Å²) < 4.78 is 33.0. The topological polar surface area (TPSA) is 102 Å². The Balaban J connectivity index is 1.64. The molecule has 0 atom stereocenters. The number of sulfonamides is 1. The molecular weight excluding hydrogens is 428 g/mol. The monoisotopic (exact) mass is 448 g/mol. The number of esters is 1. The molecule has 0 spiro atoms. The van der Waals surface area contributed by atoms with E-state index in [0.29, 0.717) is 28.1 Å². The van der Waals surface area contributed by atoms with Gasteiger partial charge in [0.1, 0.15) is 0 Å². The van der Waals surface area contributed by atoms with E-state index in [1.54, 1.807) is 12.1 Å². The molecule has 1 aliphatic rings. The summed E-state index contributed by atoms with van der Waals surface area (Å²) in [5, 5.41) is 2.76. The van der Waals surface area contributed by atoms with Gasteiger partial charge in [0.2, 0.25) is 0 Å². The number of methoxy groups -OCH3 is 1. The Morgan fingerprint density at radius 2 is 1.69 bits per heavy atom. The number of anilines is 2. The predicted molar refractivity (Wildman–Crippen MR) is 123 cm³/mol. The van der Waals surface area contributed by atoms with Gasteiger partial charge in [-0.1, -0.05) is 29.8 Å². The van der Waals surface area contributed by atoms with Gasteiger partial charge in [0.15, 0.2) is 0 Å². The van der Waals surface area contributed by atoms with Crippen LogP contribution in [0, 0.1) is 6.92 Å². The summed E-state index contributed by atoms with van der Waals surface area (Å²) in [6, 6.07) is 18.0. The first-order valence-corrected chi connectivity index (χ1v) is 11.2. The molecule has 0 saturated carbocycles. The normalized spacial score (nSPS) is 14.1. The fourth-order valence-corrected chi connectivity index (χ4v) is 4.40. The van der Waals surface area contributed by atoms with Gasteiger partial charge in [-0.2, -0.15) is 0 Å². The van der Waals surface area contributed by atoms with Gasteiger partial charge in [-0.25, -0.2) is 13.2 Å². The Morgan fingerprint density at radius 1 is 1.00 bits per heavy atom. The molecule has 7 nitrogen and oxygen atoms in total. The number of ether oxygens (including phenoxy) is 1. The van der Waals surface area contributed by atoms with E-state index in [0.717, 1.165) is 11.1 Å². The number of carbonyl (C=O) groups is 2. The van der Waals surface area contributed by atoms with Crippen molar-refractivity contribution in [2.75, 3.05) is 17.1 Å². The largest absolute Gasteiger partial charge is 0.465 e. The van der Waals surface area contributed by atoms with Crippen LogP contribution in [0.2, 0.25) is 0 Å². The van der Waals surface area contributed by atoms with Gasteiger partial charge in [0, 0.05) is 22.5 Å². The lowest BCUT2D eigenvalue weighted by atomic mass is 10.0. The van der Waals surface area contributed by atoms with Gasteiger partial charge in [-0.05, 0) is 61.0 Å². The molecule has 8 heteroatoms. The molecule has 0 fully saturated rings. The van der Waals surface area contributed by atoms with Crippen LogP contribution < -0.4 is 10.0 Å². The predicted octanol–water partition coefficient (Wildman–Crippen LogP) is 4.08. The number of benzene rings is 3. The number of aryl methyl sites for hydroxylation is 1. The fraction of sp³-hybridized carbons (Fsp3) is 0.0833. The van der Waals surface area contributed by atoms with Crippen molar-refractivity contribution in [3.8, 4) is 0 Å². The maximum atomic E-state index is 12.9. The Hall–Kier alpha value is -3.91. The molecule has 1 amide bonds. The van der Waals surface area contributed by atoms with Crippen molar-refractivity contribution in [3.05, 3.63) is 89.0 Å². The summed E-state index contributed by atoms with van der Waals surface area (Å²) in [7, 11) is -2.65. The van der Waals surface area contributed by atoms with E-state index in [9.17, 15) is 18.0 Å². The Labute approximate surface area is 185 Å². The highest BCUT2D eigenvalue weighted by Gasteiger charge is 2.26. The number of rotatable bonds is 5. The second-order valence-corrected chi connectivity index (χ2v) is 8.99. The molecular formula is C24H20N2O5S. The molecule has 1 heterocycles. The Morgan fingerprint density at radius 3 is 2.34 bits per heavy atom. The van der Waals surface area contributed by atoms with E-state index in [2.05, 4.69) is 14.8 Å². The van der Waals surface area contributed by atoms with Crippen LogP contribution in [0.5, 0.6) is 0 Å². The lowest BCUT2D eigenvalue weighted by Gasteiger charge is -2.10. The molecule has 32 heavy (non-hydrogen) atoms. The lowest BCUT2D eigenvalue weighted by molar-refractivity contribution is -0.110. The standard InChI is InChI=1S/C24H20N2O5S/c1-15-3-5-16(6-4-15)13-21-20-14-19(11-12-22(20)25-23(21)27)32(29,30)26-18-9-7-17(8-10-18)24(28)31-2/h3-14,26H,1-2H3,(H,25,27)/b21-13+. The Bertz CT molecular complexity index is 1340. The first kappa shape index (κ1) is 21.3. The van der Waals surface area contributed by atoms with Crippen LogP contribution in [0.4, 0.5) is 11.4 Å². The van der Waals surface area contributed by atoms with Gasteiger partial charge in [0.25, 0.3) is 15.9 Å².